The maximum absolute atomic E-state index is 5.95. The molecule has 0 saturated carbocycles. The van der Waals surface area contributed by atoms with E-state index in [1.807, 2.05) is 0 Å². The average Bonchev–Trinajstić information content (AvgIpc) is 2.40. The van der Waals surface area contributed by atoms with Crippen molar-refractivity contribution in [1.29, 1.82) is 0 Å². The van der Waals surface area contributed by atoms with E-state index in [1.165, 1.54) is 11.1 Å². The van der Waals surface area contributed by atoms with Gasteiger partial charge in [-0.2, -0.15) is 0 Å². The van der Waals surface area contributed by atoms with Gasteiger partial charge in [0.15, 0.2) is 0 Å². The molecule has 0 bridgehead atoms. The normalized spacial score (nSPS) is 18.9. The van der Waals surface area contributed by atoms with Gasteiger partial charge in [0.1, 0.15) is 0 Å². The first-order valence-electron chi connectivity index (χ1n) is 6.97. The van der Waals surface area contributed by atoms with Crippen LogP contribution in [0.15, 0.2) is 24.3 Å². The topological polar surface area (TPSA) is 38.5 Å². The predicted octanol–water partition coefficient (Wildman–Crippen LogP) is 1.97. The van der Waals surface area contributed by atoms with Gasteiger partial charge in [-0.05, 0) is 30.5 Å². The highest BCUT2D eigenvalue weighted by atomic mass is 16.5. The summed E-state index contributed by atoms with van der Waals surface area (Å²) in [5, 5.41) is 0. The largest absolute Gasteiger partial charge is 0.372 e. The molecule has 0 aliphatic carbocycles. The average molecular weight is 248 g/mol. The van der Waals surface area contributed by atoms with Crippen molar-refractivity contribution in [3.63, 3.8) is 0 Å². The van der Waals surface area contributed by atoms with Crippen molar-refractivity contribution in [3.05, 3.63) is 35.4 Å². The molecule has 2 rings (SSSR count). The Kier molecular flexibility index (Phi) is 5.17. The van der Waals surface area contributed by atoms with Crippen LogP contribution in [0.3, 0.4) is 0 Å². The van der Waals surface area contributed by atoms with Gasteiger partial charge in [-0.15, -0.1) is 0 Å². The number of benzene rings is 1. The van der Waals surface area contributed by atoms with Crippen molar-refractivity contribution in [1.82, 2.24) is 4.90 Å². The van der Waals surface area contributed by atoms with E-state index < -0.39 is 0 Å². The van der Waals surface area contributed by atoms with Gasteiger partial charge in [0, 0.05) is 19.6 Å². The molecule has 18 heavy (non-hydrogen) atoms. The molecule has 0 aromatic heterocycles. The number of hydrogen-bond donors (Lipinski definition) is 1. The lowest BCUT2D eigenvalue weighted by Crippen LogP contribution is -2.36. The summed E-state index contributed by atoms with van der Waals surface area (Å²) in [7, 11) is 0. The summed E-state index contributed by atoms with van der Waals surface area (Å²) >= 11 is 0. The lowest BCUT2D eigenvalue weighted by molar-refractivity contribution is 0.0165. The zero-order valence-electron chi connectivity index (χ0n) is 11.3. The Morgan fingerprint density at radius 3 is 2.94 bits per heavy atom. The maximum Gasteiger partial charge on any atom is 0.0954 e. The quantitative estimate of drug-likeness (QED) is 0.836. The minimum atomic E-state index is 0.216. The molecule has 1 heterocycles. The SMILES string of the molecule is CCCN(CCN)CC1OCCc2ccccc21. The first-order valence-corrected chi connectivity index (χ1v) is 6.97. The van der Waals surface area contributed by atoms with Gasteiger partial charge in [-0.3, -0.25) is 4.90 Å². The van der Waals surface area contributed by atoms with Crippen LogP contribution < -0.4 is 5.73 Å². The molecule has 3 nitrogen and oxygen atoms in total. The van der Waals surface area contributed by atoms with Crippen molar-refractivity contribution >= 4 is 0 Å². The van der Waals surface area contributed by atoms with E-state index in [1.54, 1.807) is 0 Å². The number of hydrogen-bond acceptors (Lipinski definition) is 3. The molecule has 1 unspecified atom stereocenters. The molecule has 2 N–H and O–H groups in total. The Hall–Kier alpha value is -0.900. The van der Waals surface area contributed by atoms with Crippen LogP contribution >= 0.6 is 0 Å². The summed E-state index contributed by atoms with van der Waals surface area (Å²) in [6, 6.07) is 8.64. The lowest BCUT2D eigenvalue weighted by atomic mass is 9.97. The van der Waals surface area contributed by atoms with Gasteiger partial charge in [-0.1, -0.05) is 31.2 Å². The van der Waals surface area contributed by atoms with Gasteiger partial charge in [0.05, 0.1) is 12.7 Å². The molecule has 0 radical (unpaired) electrons. The summed E-state index contributed by atoms with van der Waals surface area (Å²) in [6.45, 7) is 6.77. The Balaban J connectivity index is 2.05. The van der Waals surface area contributed by atoms with Crippen LogP contribution in [-0.2, 0) is 11.2 Å². The van der Waals surface area contributed by atoms with E-state index in [9.17, 15) is 0 Å². The molecule has 3 heteroatoms. The van der Waals surface area contributed by atoms with E-state index in [2.05, 4.69) is 36.1 Å². The summed E-state index contributed by atoms with van der Waals surface area (Å²) in [5.74, 6) is 0. The molecule has 1 atom stereocenters. The van der Waals surface area contributed by atoms with Crippen LogP contribution in [0.1, 0.15) is 30.6 Å². The zero-order chi connectivity index (χ0) is 12.8. The van der Waals surface area contributed by atoms with E-state index in [0.717, 1.165) is 39.1 Å². The van der Waals surface area contributed by atoms with Gasteiger partial charge in [0.25, 0.3) is 0 Å². The maximum atomic E-state index is 5.95. The van der Waals surface area contributed by atoms with Crippen molar-refractivity contribution in [3.8, 4) is 0 Å². The number of nitrogens with two attached hydrogens (primary N) is 1. The molecule has 1 aromatic carbocycles. The fraction of sp³-hybridized carbons (Fsp3) is 0.600. The summed E-state index contributed by atoms with van der Waals surface area (Å²) < 4.78 is 5.95. The highest BCUT2D eigenvalue weighted by Gasteiger charge is 2.22. The summed E-state index contributed by atoms with van der Waals surface area (Å²) in [6.07, 6.45) is 2.42. The van der Waals surface area contributed by atoms with E-state index in [0.29, 0.717) is 6.54 Å². The minimum absolute atomic E-state index is 0.216. The molecular weight excluding hydrogens is 224 g/mol. The van der Waals surface area contributed by atoms with Crippen LogP contribution in [-0.4, -0.2) is 37.7 Å². The first-order chi connectivity index (χ1) is 8.85. The van der Waals surface area contributed by atoms with Crippen LogP contribution in [0.5, 0.6) is 0 Å². The third-order valence-electron chi connectivity index (χ3n) is 3.50. The summed E-state index contributed by atoms with van der Waals surface area (Å²) in [5.41, 5.74) is 8.48. The Labute approximate surface area is 110 Å². The predicted molar refractivity (Wildman–Crippen MR) is 74.6 cm³/mol. The molecule has 0 amide bonds. The monoisotopic (exact) mass is 248 g/mol. The highest BCUT2D eigenvalue weighted by Crippen LogP contribution is 2.27. The standard InChI is InChI=1S/C15H24N2O/c1-2-9-17(10-8-16)12-15-14-6-4-3-5-13(14)7-11-18-15/h3-6,15H,2,7-12,16H2,1H3. The molecule has 0 spiro atoms. The first kappa shape index (κ1) is 13.5. The molecule has 0 fully saturated rings. The molecular formula is C15H24N2O. The van der Waals surface area contributed by atoms with Crippen LogP contribution in [0.25, 0.3) is 0 Å². The second kappa shape index (κ2) is 6.88. The Morgan fingerprint density at radius 1 is 1.33 bits per heavy atom. The molecule has 0 saturated heterocycles. The zero-order valence-corrected chi connectivity index (χ0v) is 11.3. The Morgan fingerprint density at radius 2 is 2.17 bits per heavy atom. The van der Waals surface area contributed by atoms with E-state index in [-0.39, 0.29) is 6.10 Å². The lowest BCUT2D eigenvalue weighted by Gasteiger charge is -2.31. The van der Waals surface area contributed by atoms with Crippen molar-refractivity contribution in [2.75, 3.05) is 32.8 Å². The third kappa shape index (κ3) is 3.31. The fourth-order valence-electron chi connectivity index (χ4n) is 2.66. The van der Waals surface area contributed by atoms with Gasteiger partial charge in [0.2, 0.25) is 0 Å². The molecule has 1 aromatic rings. The molecule has 1 aliphatic rings. The smallest absolute Gasteiger partial charge is 0.0954 e. The molecule has 1 aliphatic heterocycles. The van der Waals surface area contributed by atoms with Crippen molar-refractivity contribution in [2.24, 2.45) is 5.73 Å². The minimum Gasteiger partial charge on any atom is -0.372 e. The van der Waals surface area contributed by atoms with Crippen molar-refractivity contribution in [2.45, 2.75) is 25.9 Å². The number of rotatable bonds is 6. The van der Waals surface area contributed by atoms with E-state index >= 15 is 0 Å². The number of ether oxygens (including phenoxy) is 1. The second-order valence-electron chi connectivity index (χ2n) is 4.90. The van der Waals surface area contributed by atoms with E-state index in [4.69, 9.17) is 10.5 Å². The van der Waals surface area contributed by atoms with Gasteiger partial charge in [-0.25, -0.2) is 0 Å². The van der Waals surface area contributed by atoms with Crippen LogP contribution in [0.2, 0.25) is 0 Å². The van der Waals surface area contributed by atoms with Gasteiger partial charge >= 0.3 is 0 Å². The number of nitrogens with zero attached hydrogens (tertiary/aromatic N) is 1. The van der Waals surface area contributed by atoms with Crippen LogP contribution in [0.4, 0.5) is 0 Å². The number of fused-ring (bicyclic) bond motifs is 1. The molecule has 100 valence electrons. The highest BCUT2D eigenvalue weighted by molar-refractivity contribution is 5.31. The van der Waals surface area contributed by atoms with Crippen LogP contribution in [0, 0.1) is 0 Å². The fourth-order valence-corrected chi connectivity index (χ4v) is 2.66. The third-order valence-corrected chi connectivity index (χ3v) is 3.50. The Bertz CT molecular complexity index is 361. The summed E-state index contributed by atoms with van der Waals surface area (Å²) in [4.78, 5) is 2.41. The second-order valence-corrected chi connectivity index (χ2v) is 4.90. The van der Waals surface area contributed by atoms with Crippen molar-refractivity contribution < 1.29 is 4.74 Å². The van der Waals surface area contributed by atoms with Gasteiger partial charge < -0.3 is 10.5 Å².